The molecular weight excluding hydrogens is 246 g/mol. The Labute approximate surface area is 103 Å². The van der Waals surface area contributed by atoms with Crippen LogP contribution in [-0.4, -0.2) is 29.9 Å². The molecule has 0 unspecified atom stereocenters. The normalized spacial score (nSPS) is 10.5. The smallest absolute Gasteiger partial charge is 0.349 e. The Kier molecular flexibility index (Phi) is 4.66. The van der Waals surface area contributed by atoms with Crippen LogP contribution in [0.5, 0.6) is 0 Å². The third-order valence-electron chi connectivity index (χ3n) is 1.80. The second-order valence-corrected chi connectivity index (χ2v) is 3.36. The molecule has 0 saturated carbocycles. The van der Waals surface area contributed by atoms with Gasteiger partial charge in [-0.3, -0.25) is 0 Å². The first-order chi connectivity index (χ1) is 8.06. The first-order valence-electron chi connectivity index (χ1n) is 4.79. The van der Waals surface area contributed by atoms with Crippen molar-refractivity contribution in [2.24, 2.45) is 4.99 Å². The molecule has 0 fully saturated rings. The number of esters is 1. The first kappa shape index (κ1) is 13.2. The maximum atomic E-state index is 11.0. The van der Waals surface area contributed by atoms with E-state index in [0.29, 0.717) is 0 Å². The van der Waals surface area contributed by atoms with Crippen molar-refractivity contribution in [3.8, 4) is 0 Å². The molecule has 0 aliphatic rings. The number of hydrogen-bond acceptors (Lipinski definition) is 4. The number of carbonyl (C=O) groups is 2. The lowest BCUT2D eigenvalue weighted by molar-refractivity contribution is -0.134. The standard InChI is InChI=1S/C11H10ClNO4/c1-2-17-9(14)6-13-10-7(11(15)16)4-3-5-8(10)12/h3-6H,2H2,1H3,(H,15,16)/b13-6-. The molecule has 6 heteroatoms. The van der Waals surface area contributed by atoms with Gasteiger partial charge in [-0.25, -0.2) is 14.6 Å². The molecule has 0 saturated heterocycles. The number of nitrogens with zero attached hydrogens (tertiary/aromatic N) is 1. The van der Waals surface area contributed by atoms with E-state index in [-0.39, 0.29) is 22.9 Å². The van der Waals surface area contributed by atoms with Gasteiger partial charge in [0.15, 0.2) is 0 Å². The second kappa shape index (κ2) is 6.00. The number of carboxylic acids is 1. The monoisotopic (exact) mass is 255 g/mol. The van der Waals surface area contributed by atoms with E-state index in [1.807, 2.05) is 0 Å². The number of carboxylic acid groups (broad SMARTS) is 1. The van der Waals surface area contributed by atoms with E-state index >= 15 is 0 Å². The van der Waals surface area contributed by atoms with Crippen LogP contribution < -0.4 is 0 Å². The Morgan fingerprint density at radius 3 is 2.82 bits per heavy atom. The average Bonchev–Trinajstić information content (AvgIpc) is 2.27. The van der Waals surface area contributed by atoms with E-state index in [4.69, 9.17) is 16.7 Å². The molecular formula is C11H10ClNO4. The van der Waals surface area contributed by atoms with Crippen molar-refractivity contribution in [3.63, 3.8) is 0 Å². The number of halogens is 1. The van der Waals surface area contributed by atoms with Crippen LogP contribution in [0.1, 0.15) is 17.3 Å². The highest BCUT2D eigenvalue weighted by molar-refractivity contribution is 6.34. The maximum Gasteiger partial charge on any atom is 0.349 e. The van der Waals surface area contributed by atoms with Crippen LogP contribution in [-0.2, 0) is 9.53 Å². The summed E-state index contributed by atoms with van der Waals surface area (Å²) in [7, 11) is 0. The largest absolute Gasteiger partial charge is 0.478 e. The van der Waals surface area contributed by atoms with Crippen LogP contribution >= 0.6 is 11.6 Å². The molecule has 0 aromatic heterocycles. The zero-order chi connectivity index (χ0) is 12.8. The maximum absolute atomic E-state index is 11.0. The van der Waals surface area contributed by atoms with Gasteiger partial charge in [0, 0.05) is 0 Å². The Morgan fingerprint density at radius 2 is 2.24 bits per heavy atom. The molecule has 0 atom stereocenters. The molecule has 17 heavy (non-hydrogen) atoms. The molecule has 0 bridgehead atoms. The summed E-state index contributed by atoms with van der Waals surface area (Å²) < 4.78 is 4.63. The Balaban J connectivity index is 3.05. The third kappa shape index (κ3) is 3.57. The number of benzene rings is 1. The minimum atomic E-state index is -1.16. The van der Waals surface area contributed by atoms with E-state index < -0.39 is 11.9 Å². The van der Waals surface area contributed by atoms with Crippen molar-refractivity contribution in [2.75, 3.05) is 6.61 Å². The Hall–Kier alpha value is -1.88. The van der Waals surface area contributed by atoms with Gasteiger partial charge in [0.25, 0.3) is 0 Å². The SMILES string of the molecule is CCOC(=O)/C=N\c1c(Cl)cccc1C(=O)O. The first-order valence-corrected chi connectivity index (χ1v) is 5.16. The zero-order valence-electron chi connectivity index (χ0n) is 9.01. The molecule has 0 heterocycles. The van der Waals surface area contributed by atoms with Crippen LogP contribution in [0, 0.1) is 0 Å². The quantitative estimate of drug-likeness (QED) is 0.662. The minimum absolute atomic E-state index is 0.0368. The summed E-state index contributed by atoms with van der Waals surface area (Å²) in [6, 6.07) is 4.34. The fourth-order valence-corrected chi connectivity index (χ4v) is 1.34. The molecule has 1 aromatic rings. The van der Waals surface area contributed by atoms with Crippen molar-refractivity contribution in [3.05, 3.63) is 28.8 Å². The highest BCUT2D eigenvalue weighted by atomic mass is 35.5. The number of aliphatic imine (C=N–C) groups is 1. The van der Waals surface area contributed by atoms with E-state index in [0.717, 1.165) is 6.21 Å². The summed E-state index contributed by atoms with van der Waals surface area (Å²) in [6.45, 7) is 1.88. The van der Waals surface area contributed by atoms with Gasteiger partial charge in [-0.2, -0.15) is 0 Å². The second-order valence-electron chi connectivity index (χ2n) is 2.95. The van der Waals surface area contributed by atoms with Crippen LogP contribution in [0.25, 0.3) is 0 Å². The number of rotatable bonds is 4. The Bertz CT molecular complexity index is 471. The van der Waals surface area contributed by atoms with Gasteiger partial charge in [0.1, 0.15) is 6.21 Å². The molecule has 0 spiro atoms. The van der Waals surface area contributed by atoms with E-state index in [1.165, 1.54) is 18.2 Å². The number of carbonyl (C=O) groups excluding carboxylic acids is 1. The summed E-state index contributed by atoms with van der Waals surface area (Å²) in [6.07, 6.45) is 0.900. The number of hydrogen-bond donors (Lipinski definition) is 1. The molecule has 1 rings (SSSR count). The van der Waals surface area contributed by atoms with Crippen molar-refractivity contribution < 1.29 is 19.4 Å². The van der Waals surface area contributed by atoms with Gasteiger partial charge < -0.3 is 9.84 Å². The summed E-state index contributed by atoms with van der Waals surface area (Å²) in [4.78, 5) is 25.7. The summed E-state index contributed by atoms with van der Waals surface area (Å²) >= 11 is 5.80. The third-order valence-corrected chi connectivity index (χ3v) is 2.11. The van der Waals surface area contributed by atoms with E-state index in [2.05, 4.69) is 9.73 Å². The molecule has 0 aliphatic carbocycles. The lowest BCUT2D eigenvalue weighted by Crippen LogP contribution is -2.05. The highest BCUT2D eigenvalue weighted by Crippen LogP contribution is 2.28. The molecule has 0 aliphatic heterocycles. The minimum Gasteiger partial charge on any atom is -0.478 e. The molecule has 0 radical (unpaired) electrons. The topological polar surface area (TPSA) is 76.0 Å². The molecule has 5 nitrogen and oxygen atoms in total. The van der Waals surface area contributed by atoms with Crippen molar-refractivity contribution in [2.45, 2.75) is 6.92 Å². The van der Waals surface area contributed by atoms with Gasteiger partial charge in [-0.15, -0.1) is 0 Å². The van der Waals surface area contributed by atoms with Gasteiger partial charge in [-0.1, -0.05) is 17.7 Å². The summed E-state index contributed by atoms with van der Waals surface area (Å²) in [5.74, 6) is -1.81. The van der Waals surface area contributed by atoms with Gasteiger partial charge in [0.2, 0.25) is 0 Å². The molecule has 0 amide bonds. The van der Waals surface area contributed by atoms with Crippen LogP contribution in [0.3, 0.4) is 0 Å². The molecule has 90 valence electrons. The average molecular weight is 256 g/mol. The van der Waals surface area contributed by atoms with Crippen molar-refractivity contribution >= 4 is 35.4 Å². The fourth-order valence-electron chi connectivity index (χ4n) is 1.12. The van der Waals surface area contributed by atoms with Crippen molar-refractivity contribution in [1.29, 1.82) is 0 Å². The van der Waals surface area contributed by atoms with E-state index in [9.17, 15) is 9.59 Å². The van der Waals surface area contributed by atoms with Gasteiger partial charge in [0.05, 0.1) is 22.9 Å². The molecule has 1 aromatic carbocycles. The summed E-state index contributed by atoms with van der Waals surface area (Å²) in [5, 5.41) is 9.07. The van der Waals surface area contributed by atoms with Gasteiger partial charge in [-0.05, 0) is 19.1 Å². The predicted octanol–water partition coefficient (Wildman–Crippen LogP) is 2.30. The van der Waals surface area contributed by atoms with E-state index in [1.54, 1.807) is 6.92 Å². The van der Waals surface area contributed by atoms with Crippen LogP contribution in [0.4, 0.5) is 5.69 Å². The lowest BCUT2D eigenvalue weighted by Gasteiger charge is -2.02. The Morgan fingerprint density at radius 1 is 1.53 bits per heavy atom. The molecule has 1 N–H and O–H groups in total. The van der Waals surface area contributed by atoms with Crippen molar-refractivity contribution in [1.82, 2.24) is 0 Å². The zero-order valence-corrected chi connectivity index (χ0v) is 9.77. The number of ether oxygens (including phenoxy) is 1. The van der Waals surface area contributed by atoms with Gasteiger partial charge >= 0.3 is 11.9 Å². The fraction of sp³-hybridized carbons (Fsp3) is 0.182. The lowest BCUT2D eigenvalue weighted by atomic mass is 10.2. The highest BCUT2D eigenvalue weighted by Gasteiger charge is 2.12. The number of aromatic carboxylic acids is 1. The number of para-hydroxylation sites is 1. The summed E-state index contributed by atoms with van der Waals surface area (Å²) in [5.41, 5.74) is -0.0345. The predicted molar refractivity (Wildman–Crippen MR) is 63.2 cm³/mol. The van der Waals surface area contributed by atoms with Crippen LogP contribution in [0.15, 0.2) is 23.2 Å². The van der Waals surface area contributed by atoms with Crippen LogP contribution in [0.2, 0.25) is 5.02 Å².